The van der Waals surface area contributed by atoms with E-state index in [0.29, 0.717) is 12.0 Å². The SMILES string of the molecule is Cc1ccc(Cl)c2c1NC1CCNCC21. The van der Waals surface area contributed by atoms with Crippen molar-refractivity contribution in [2.24, 2.45) is 0 Å². The summed E-state index contributed by atoms with van der Waals surface area (Å²) in [6, 6.07) is 4.70. The molecule has 1 saturated heterocycles. The lowest BCUT2D eigenvalue weighted by atomic mass is 9.90. The number of aryl methyl sites for hydroxylation is 1. The first-order valence-corrected chi connectivity index (χ1v) is 5.91. The van der Waals surface area contributed by atoms with E-state index in [-0.39, 0.29) is 0 Å². The Hall–Kier alpha value is -0.730. The number of benzene rings is 1. The van der Waals surface area contributed by atoms with Crippen molar-refractivity contribution in [2.45, 2.75) is 25.3 Å². The van der Waals surface area contributed by atoms with Gasteiger partial charge in [0.1, 0.15) is 0 Å². The van der Waals surface area contributed by atoms with Gasteiger partial charge in [0.25, 0.3) is 0 Å². The number of anilines is 1. The summed E-state index contributed by atoms with van der Waals surface area (Å²) >= 11 is 6.29. The van der Waals surface area contributed by atoms with Crippen LogP contribution < -0.4 is 10.6 Å². The predicted molar refractivity (Wildman–Crippen MR) is 63.8 cm³/mol. The fraction of sp³-hybridized carbons (Fsp3) is 0.500. The summed E-state index contributed by atoms with van der Waals surface area (Å²) in [5, 5.41) is 7.98. The minimum Gasteiger partial charge on any atom is -0.381 e. The first kappa shape index (κ1) is 9.49. The molecule has 1 aromatic rings. The standard InChI is InChI=1S/C12H15ClN2/c1-7-2-3-9(13)11-8-6-14-5-4-10(8)15-12(7)11/h2-3,8,10,14-15H,4-6H2,1H3. The lowest BCUT2D eigenvalue weighted by molar-refractivity contribution is 0.440. The summed E-state index contributed by atoms with van der Waals surface area (Å²) in [5.74, 6) is 0.557. The highest BCUT2D eigenvalue weighted by atomic mass is 35.5. The molecule has 0 amide bonds. The van der Waals surface area contributed by atoms with E-state index in [0.717, 1.165) is 18.1 Å². The van der Waals surface area contributed by atoms with Crippen LogP contribution in [0.4, 0.5) is 5.69 Å². The van der Waals surface area contributed by atoms with Gasteiger partial charge in [-0.1, -0.05) is 17.7 Å². The molecule has 15 heavy (non-hydrogen) atoms. The van der Waals surface area contributed by atoms with Crippen LogP contribution in [0.2, 0.25) is 5.02 Å². The second kappa shape index (κ2) is 3.39. The maximum Gasteiger partial charge on any atom is 0.0462 e. The van der Waals surface area contributed by atoms with Crippen LogP contribution in [0.3, 0.4) is 0 Å². The summed E-state index contributed by atoms with van der Waals surface area (Å²) in [5.41, 5.74) is 3.92. The van der Waals surface area contributed by atoms with E-state index in [1.165, 1.54) is 23.2 Å². The minimum absolute atomic E-state index is 0.557. The lowest BCUT2D eigenvalue weighted by Crippen LogP contribution is -2.38. The second-order valence-corrected chi connectivity index (χ2v) is 4.91. The average molecular weight is 223 g/mol. The molecule has 2 N–H and O–H groups in total. The van der Waals surface area contributed by atoms with Crippen LogP contribution in [0.25, 0.3) is 0 Å². The van der Waals surface area contributed by atoms with E-state index in [2.05, 4.69) is 23.6 Å². The Morgan fingerprint density at radius 3 is 3.13 bits per heavy atom. The van der Waals surface area contributed by atoms with Crippen LogP contribution in [0.5, 0.6) is 0 Å². The van der Waals surface area contributed by atoms with E-state index >= 15 is 0 Å². The first-order chi connectivity index (χ1) is 7.27. The third-order valence-electron chi connectivity index (χ3n) is 3.58. The van der Waals surface area contributed by atoms with Gasteiger partial charge in [-0.25, -0.2) is 0 Å². The van der Waals surface area contributed by atoms with Gasteiger partial charge < -0.3 is 10.6 Å². The molecule has 2 aliphatic rings. The largest absolute Gasteiger partial charge is 0.381 e. The molecule has 1 fully saturated rings. The fourth-order valence-electron chi connectivity index (χ4n) is 2.78. The van der Waals surface area contributed by atoms with Gasteiger partial charge in [0.15, 0.2) is 0 Å². The van der Waals surface area contributed by atoms with Crippen molar-refractivity contribution >= 4 is 17.3 Å². The molecule has 2 heterocycles. The fourth-order valence-corrected chi connectivity index (χ4v) is 3.07. The Kier molecular flexibility index (Phi) is 2.15. The Balaban J connectivity index is 2.11. The van der Waals surface area contributed by atoms with Crippen LogP contribution in [-0.2, 0) is 0 Å². The van der Waals surface area contributed by atoms with Crippen LogP contribution in [-0.4, -0.2) is 19.1 Å². The molecule has 80 valence electrons. The van der Waals surface area contributed by atoms with Crippen LogP contribution >= 0.6 is 11.6 Å². The van der Waals surface area contributed by atoms with Gasteiger partial charge in [-0.2, -0.15) is 0 Å². The molecule has 2 atom stereocenters. The number of rotatable bonds is 0. The smallest absolute Gasteiger partial charge is 0.0462 e. The Bertz CT molecular complexity index is 403. The summed E-state index contributed by atoms with van der Waals surface area (Å²) < 4.78 is 0. The Morgan fingerprint density at radius 1 is 1.40 bits per heavy atom. The van der Waals surface area contributed by atoms with Gasteiger partial charge in [0.2, 0.25) is 0 Å². The first-order valence-electron chi connectivity index (χ1n) is 5.53. The van der Waals surface area contributed by atoms with E-state index in [9.17, 15) is 0 Å². The number of piperidine rings is 1. The van der Waals surface area contributed by atoms with Gasteiger partial charge in [0.05, 0.1) is 0 Å². The van der Waals surface area contributed by atoms with Crippen molar-refractivity contribution in [3.8, 4) is 0 Å². The molecule has 2 unspecified atom stereocenters. The Morgan fingerprint density at radius 2 is 2.27 bits per heavy atom. The highest BCUT2D eigenvalue weighted by Crippen LogP contribution is 2.43. The van der Waals surface area contributed by atoms with Crippen molar-refractivity contribution < 1.29 is 0 Å². The zero-order chi connectivity index (χ0) is 10.4. The maximum atomic E-state index is 6.29. The maximum absolute atomic E-state index is 6.29. The highest BCUT2D eigenvalue weighted by Gasteiger charge is 2.36. The lowest BCUT2D eigenvalue weighted by Gasteiger charge is -2.26. The number of nitrogens with one attached hydrogen (secondary N) is 2. The normalized spacial score (nSPS) is 28.1. The quantitative estimate of drug-likeness (QED) is 0.705. The van der Waals surface area contributed by atoms with Gasteiger partial charge in [0, 0.05) is 34.8 Å². The molecule has 1 aromatic carbocycles. The van der Waals surface area contributed by atoms with Gasteiger partial charge >= 0.3 is 0 Å². The molecule has 2 nitrogen and oxygen atoms in total. The van der Waals surface area contributed by atoms with Crippen molar-refractivity contribution in [3.63, 3.8) is 0 Å². The molecular formula is C12H15ClN2. The summed E-state index contributed by atoms with van der Waals surface area (Å²) in [6.07, 6.45) is 1.19. The monoisotopic (exact) mass is 222 g/mol. The molecule has 0 spiro atoms. The van der Waals surface area contributed by atoms with Gasteiger partial charge in [-0.3, -0.25) is 0 Å². The zero-order valence-corrected chi connectivity index (χ0v) is 9.56. The van der Waals surface area contributed by atoms with Crippen molar-refractivity contribution in [1.82, 2.24) is 5.32 Å². The number of hydrogen-bond acceptors (Lipinski definition) is 2. The van der Waals surface area contributed by atoms with Crippen LogP contribution in [0, 0.1) is 6.92 Å². The number of hydrogen-bond donors (Lipinski definition) is 2. The van der Waals surface area contributed by atoms with Crippen molar-refractivity contribution in [3.05, 3.63) is 28.3 Å². The molecule has 0 saturated carbocycles. The van der Waals surface area contributed by atoms with Crippen molar-refractivity contribution in [1.29, 1.82) is 0 Å². The molecule has 3 heteroatoms. The second-order valence-electron chi connectivity index (χ2n) is 4.50. The molecule has 2 aliphatic heterocycles. The van der Waals surface area contributed by atoms with E-state index < -0.39 is 0 Å². The highest BCUT2D eigenvalue weighted by molar-refractivity contribution is 6.32. The average Bonchev–Trinajstić information content (AvgIpc) is 2.64. The molecule has 0 aliphatic carbocycles. The zero-order valence-electron chi connectivity index (χ0n) is 8.81. The molecule has 0 radical (unpaired) electrons. The number of fused-ring (bicyclic) bond motifs is 3. The Labute approximate surface area is 95.0 Å². The van der Waals surface area contributed by atoms with Crippen LogP contribution in [0.15, 0.2) is 12.1 Å². The molecule has 3 rings (SSSR count). The van der Waals surface area contributed by atoms with Gasteiger partial charge in [-0.15, -0.1) is 0 Å². The van der Waals surface area contributed by atoms with Crippen molar-refractivity contribution in [2.75, 3.05) is 18.4 Å². The molecular weight excluding hydrogens is 208 g/mol. The van der Waals surface area contributed by atoms with Crippen LogP contribution in [0.1, 0.15) is 23.5 Å². The molecule has 0 bridgehead atoms. The van der Waals surface area contributed by atoms with Gasteiger partial charge in [-0.05, 0) is 31.5 Å². The summed E-state index contributed by atoms with van der Waals surface area (Å²) in [7, 11) is 0. The number of halogens is 1. The third-order valence-corrected chi connectivity index (χ3v) is 3.91. The third kappa shape index (κ3) is 1.35. The summed E-state index contributed by atoms with van der Waals surface area (Å²) in [4.78, 5) is 0. The summed E-state index contributed by atoms with van der Waals surface area (Å²) in [6.45, 7) is 4.31. The van der Waals surface area contributed by atoms with E-state index in [1.54, 1.807) is 0 Å². The predicted octanol–water partition coefficient (Wildman–Crippen LogP) is 2.52. The van der Waals surface area contributed by atoms with E-state index in [1.807, 2.05) is 6.07 Å². The van der Waals surface area contributed by atoms with E-state index in [4.69, 9.17) is 11.6 Å². The molecule has 0 aromatic heterocycles. The topological polar surface area (TPSA) is 24.1 Å². The minimum atomic E-state index is 0.557.